The Labute approximate surface area is 263 Å². The molecule has 0 saturated heterocycles. The van der Waals surface area contributed by atoms with Gasteiger partial charge in [0.1, 0.15) is 11.5 Å². The zero-order valence-corrected chi connectivity index (χ0v) is 26.8. The van der Waals surface area contributed by atoms with Crippen molar-refractivity contribution in [2.24, 2.45) is 0 Å². The van der Waals surface area contributed by atoms with Gasteiger partial charge in [-0.1, -0.05) is 104 Å². The van der Waals surface area contributed by atoms with E-state index < -0.39 is 0 Å². The third kappa shape index (κ3) is 11.4. The normalized spacial score (nSPS) is 11.2. The molecule has 0 unspecified atom stereocenters. The molecule has 0 radical (unpaired) electrons. The average molecular weight is 603 g/mol. The molecule has 8 nitrogen and oxygen atoms in total. The maximum atomic E-state index is 5.91. The third-order valence-corrected chi connectivity index (χ3v) is 7.77. The summed E-state index contributed by atoms with van der Waals surface area (Å²) in [6.45, 7) is 5.97. The van der Waals surface area contributed by atoms with Crippen LogP contribution in [0.25, 0.3) is 34.7 Å². The Bertz CT molecular complexity index is 1200. The number of nitrogens with zero attached hydrogens (tertiary/aromatic N) is 4. The molecule has 0 N–H and O–H groups in total. The lowest BCUT2D eigenvalue weighted by Gasteiger charge is -2.06. The topological polar surface area (TPSA) is 96.3 Å². The number of rotatable bonds is 23. The molecule has 4 rings (SSSR count). The Morgan fingerprint density at radius 3 is 1.09 bits per heavy atom. The number of ether oxygens (including phenoxy) is 2. The molecule has 0 spiro atoms. The van der Waals surface area contributed by atoms with Crippen molar-refractivity contribution in [2.75, 3.05) is 13.2 Å². The van der Waals surface area contributed by atoms with E-state index in [1.165, 1.54) is 89.9 Å². The molecule has 0 fully saturated rings. The largest absolute Gasteiger partial charge is 0.494 e. The van der Waals surface area contributed by atoms with Gasteiger partial charge < -0.3 is 18.3 Å². The molecular formula is C36H50N4O4. The Hall–Kier alpha value is -3.68. The second kappa shape index (κ2) is 19.6. The van der Waals surface area contributed by atoms with Gasteiger partial charge in [-0.15, -0.1) is 20.4 Å². The van der Waals surface area contributed by atoms with Gasteiger partial charge in [0, 0.05) is 11.1 Å². The number of hydrogen-bond acceptors (Lipinski definition) is 8. The monoisotopic (exact) mass is 602 g/mol. The maximum absolute atomic E-state index is 5.91. The molecule has 2 aromatic carbocycles. The lowest BCUT2D eigenvalue weighted by molar-refractivity contribution is 0.304. The highest BCUT2D eigenvalue weighted by Crippen LogP contribution is 2.28. The molecule has 0 saturated carbocycles. The standard InChI is InChI=1S/C36H50N4O4/c1-3-5-7-9-11-13-15-17-27-41-31-23-19-29(20-24-31)33-37-39-35(43-33)36-40-38-34(44-36)30-21-25-32(26-22-30)42-28-18-16-14-12-10-8-6-4-2/h19-26H,3-18,27-28H2,1-2H3. The number of hydrogen-bond donors (Lipinski definition) is 0. The van der Waals surface area contributed by atoms with E-state index in [9.17, 15) is 0 Å². The van der Waals surface area contributed by atoms with Crippen molar-refractivity contribution >= 4 is 0 Å². The summed E-state index contributed by atoms with van der Waals surface area (Å²) in [5.74, 6) is 2.79. The third-order valence-electron chi connectivity index (χ3n) is 7.77. The van der Waals surface area contributed by atoms with Gasteiger partial charge in [-0.3, -0.25) is 0 Å². The van der Waals surface area contributed by atoms with Gasteiger partial charge in [0.25, 0.3) is 0 Å². The van der Waals surface area contributed by atoms with E-state index in [1.807, 2.05) is 48.5 Å². The molecule has 4 aromatic rings. The van der Waals surface area contributed by atoms with Crippen molar-refractivity contribution in [2.45, 2.75) is 117 Å². The zero-order valence-electron chi connectivity index (χ0n) is 26.8. The molecule has 0 atom stereocenters. The summed E-state index contributed by atoms with van der Waals surface area (Å²) in [7, 11) is 0. The molecular weight excluding hydrogens is 552 g/mol. The van der Waals surface area contributed by atoms with Crippen LogP contribution in [-0.2, 0) is 0 Å². The van der Waals surface area contributed by atoms with Crippen LogP contribution in [0.4, 0.5) is 0 Å². The van der Waals surface area contributed by atoms with Crippen LogP contribution < -0.4 is 9.47 Å². The highest BCUT2D eigenvalue weighted by Gasteiger charge is 2.18. The van der Waals surface area contributed by atoms with Crippen LogP contribution >= 0.6 is 0 Å². The van der Waals surface area contributed by atoms with E-state index >= 15 is 0 Å². The van der Waals surface area contributed by atoms with Crippen LogP contribution in [0.3, 0.4) is 0 Å². The van der Waals surface area contributed by atoms with Crippen LogP contribution in [0, 0.1) is 0 Å². The van der Waals surface area contributed by atoms with Crippen molar-refractivity contribution in [1.29, 1.82) is 0 Å². The summed E-state index contributed by atoms with van der Waals surface area (Å²) in [6.07, 6.45) is 20.5. The molecule has 8 heteroatoms. The summed E-state index contributed by atoms with van der Waals surface area (Å²) in [6, 6.07) is 15.4. The second-order valence-corrected chi connectivity index (χ2v) is 11.5. The van der Waals surface area contributed by atoms with E-state index in [-0.39, 0.29) is 11.8 Å². The molecule has 0 aliphatic carbocycles. The first-order chi connectivity index (χ1) is 21.8. The van der Waals surface area contributed by atoms with Crippen LogP contribution in [-0.4, -0.2) is 33.6 Å². The SMILES string of the molecule is CCCCCCCCCCOc1ccc(-c2nnc(-c3nnc(-c4ccc(OCCCCCCCCCC)cc4)o3)o2)cc1. The quantitative estimate of drug-likeness (QED) is 0.0774. The molecule has 2 aromatic heterocycles. The van der Waals surface area contributed by atoms with Gasteiger partial charge in [0.15, 0.2) is 0 Å². The molecule has 0 aliphatic heterocycles. The van der Waals surface area contributed by atoms with Gasteiger partial charge in [-0.05, 0) is 61.4 Å². The molecule has 2 heterocycles. The van der Waals surface area contributed by atoms with Gasteiger partial charge in [0.05, 0.1) is 13.2 Å². The number of aromatic nitrogens is 4. The lowest BCUT2D eigenvalue weighted by Crippen LogP contribution is -1.97. The van der Waals surface area contributed by atoms with E-state index in [0.717, 1.165) is 48.7 Å². The fraction of sp³-hybridized carbons (Fsp3) is 0.556. The van der Waals surface area contributed by atoms with Crippen LogP contribution in [0.2, 0.25) is 0 Å². The van der Waals surface area contributed by atoms with Gasteiger partial charge in [-0.25, -0.2) is 0 Å². The van der Waals surface area contributed by atoms with Gasteiger partial charge >= 0.3 is 11.8 Å². The fourth-order valence-corrected chi connectivity index (χ4v) is 5.09. The molecule has 0 bridgehead atoms. The van der Waals surface area contributed by atoms with Crippen molar-refractivity contribution < 1.29 is 18.3 Å². The fourth-order valence-electron chi connectivity index (χ4n) is 5.09. The summed E-state index contributed by atoms with van der Waals surface area (Å²) < 4.78 is 23.5. The summed E-state index contributed by atoms with van der Waals surface area (Å²) in [5.41, 5.74) is 1.59. The van der Waals surface area contributed by atoms with Crippen LogP contribution in [0.5, 0.6) is 11.5 Å². The van der Waals surface area contributed by atoms with E-state index in [0.29, 0.717) is 11.8 Å². The van der Waals surface area contributed by atoms with Gasteiger partial charge in [0.2, 0.25) is 11.8 Å². The average Bonchev–Trinajstić information content (AvgIpc) is 3.75. The summed E-state index contributed by atoms with van der Waals surface area (Å²) in [4.78, 5) is 0. The molecule has 44 heavy (non-hydrogen) atoms. The molecule has 238 valence electrons. The Kier molecular flexibility index (Phi) is 14.8. The Morgan fingerprint density at radius 1 is 0.409 bits per heavy atom. The second-order valence-electron chi connectivity index (χ2n) is 11.5. The van der Waals surface area contributed by atoms with Crippen molar-refractivity contribution in [3.8, 4) is 46.2 Å². The first-order valence-corrected chi connectivity index (χ1v) is 16.9. The Morgan fingerprint density at radius 2 is 0.727 bits per heavy atom. The molecule has 0 amide bonds. The van der Waals surface area contributed by atoms with Crippen LogP contribution in [0.1, 0.15) is 117 Å². The summed E-state index contributed by atoms with van der Waals surface area (Å²) >= 11 is 0. The highest BCUT2D eigenvalue weighted by molar-refractivity contribution is 5.57. The minimum Gasteiger partial charge on any atom is -0.494 e. The smallest absolute Gasteiger partial charge is 0.306 e. The minimum absolute atomic E-state index is 0.180. The highest BCUT2D eigenvalue weighted by atomic mass is 16.5. The van der Waals surface area contributed by atoms with Crippen molar-refractivity contribution in [3.63, 3.8) is 0 Å². The number of benzene rings is 2. The first-order valence-electron chi connectivity index (χ1n) is 16.9. The zero-order chi connectivity index (χ0) is 30.7. The van der Waals surface area contributed by atoms with Gasteiger partial charge in [-0.2, -0.15) is 0 Å². The number of unbranched alkanes of at least 4 members (excludes halogenated alkanes) is 14. The van der Waals surface area contributed by atoms with E-state index in [1.54, 1.807) is 0 Å². The first kappa shape index (κ1) is 33.2. The summed E-state index contributed by atoms with van der Waals surface area (Å²) in [5, 5.41) is 16.6. The predicted octanol–water partition coefficient (Wildman–Crippen LogP) is 10.5. The van der Waals surface area contributed by atoms with E-state index in [2.05, 4.69) is 34.2 Å². The van der Waals surface area contributed by atoms with Crippen molar-refractivity contribution in [3.05, 3.63) is 48.5 Å². The Balaban J connectivity index is 1.17. The van der Waals surface area contributed by atoms with Crippen molar-refractivity contribution in [1.82, 2.24) is 20.4 Å². The minimum atomic E-state index is 0.180. The molecule has 0 aliphatic rings. The lowest BCUT2D eigenvalue weighted by atomic mass is 10.1. The predicted molar refractivity (Wildman–Crippen MR) is 175 cm³/mol. The van der Waals surface area contributed by atoms with Crippen LogP contribution in [0.15, 0.2) is 57.4 Å². The maximum Gasteiger partial charge on any atom is 0.306 e. The van der Waals surface area contributed by atoms with E-state index in [4.69, 9.17) is 18.3 Å².